The molecule has 35 heavy (non-hydrogen) atoms. The predicted molar refractivity (Wildman–Crippen MR) is 117 cm³/mol. The normalized spacial score (nSPS) is 15.9. The smallest absolute Gasteiger partial charge is 0.375 e. The van der Waals surface area contributed by atoms with Crippen LogP contribution in [-0.4, -0.2) is 30.7 Å². The van der Waals surface area contributed by atoms with Crippen LogP contribution in [0.15, 0.2) is 47.3 Å². The van der Waals surface area contributed by atoms with Gasteiger partial charge in [-0.3, -0.25) is 14.5 Å². The molecule has 7 nitrogen and oxygen atoms in total. The highest BCUT2D eigenvalue weighted by Gasteiger charge is 2.40. The highest BCUT2D eigenvalue weighted by Crippen LogP contribution is 2.43. The van der Waals surface area contributed by atoms with Crippen LogP contribution in [0.4, 0.5) is 44.8 Å². The first-order chi connectivity index (χ1) is 16.6. The first-order valence-corrected chi connectivity index (χ1v) is 10.5. The average Bonchev–Trinajstić information content (AvgIpc) is 2.78. The largest absolute Gasteiger partial charge is 0.419 e. The Bertz CT molecular complexity index is 1390. The second kappa shape index (κ2) is 8.38. The van der Waals surface area contributed by atoms with E-state index in [4.69, 9.17) is 4.74 Å². The molecule has 0 aliphatic carbocycles. The summed E-state index contributed by atoms with van der Waals surface area (Å²) in [6.45, 7) is -0.0159. The number of benzene rings is 2. The molecule has 2 N–H and O–H groups in total. The highest BCUT2D eigenvalue weighted by atomic mass is 19.4. The summed E-state index contributed by atoms with van der Waals surface area (Å²) < 4.78 is 74.8. The molecule has 2 bridgehead atoms. The number of rotatable bonds is 0. The van der Waals surface area contributed by atoms with Crippen LogP contribution in [0.3, 0.4) is 0 Å². The summed E-state index contributed by atoms with van der Waals surface area (Å²) in [6.07, 6.45) is -5.00. The lowest BCUT2D eigenvalue weighted by Gasteiger charge is -2.40. The summed E-state index contributed by atoms with van der Waals surface area (Å²) in [5.74, 6) is -2.77. The third-order valence-electron chi connectivity index (χ3n) is 5.77. The molecule has 1 amide bonds. The fraction of sp³-hybridized carbons (Fsp3) is 0.217. The second-order valence-electron chi connectivity index (χ2n) is 7.98. The van der Waals surface area contributed by atoms with Gasteiger partial charge in [-0.15, -0.1) is 0 Å². The molecule has 2 aliphatic rings. The van der Waals surface area contributed by atoms with Crippen LogP contribution in [0.1, 0.15) is 21.5 Å². The Hall–Kier alpha value is -3.93. The lowest BCUT2D eigenvalue weighted by molar-refractivity contribution is -0.139. The number of hydrogen-bond acceptors (Lipinski definition) is 5. The van der Waals surface area contributed by atoms with E-state index in [2.05, 4.69) is 10.3 Å². The van der Waals surface area contributed by atoms with Gasteiger partial charge < -0.3 is 19.9 Å². The van der Waals surface area contributed by atoms with Crippen LogP contribution in [-0.2, 0) is 17.5 Å². The lowest BCUT2D eigenvalue weighted by atomic mass is 10.0. The third-order valence-corrected chi connectivity index (χ3v) is 5.77. The SMILES string of the molecule is O=C1c2cc(F)c(C(F)(F)F)cc2N2CN1c1ccc(=O)[nH]c1NCCOCc1cc(F)ccc12. The summed E-state index contributed by atoms with van der Waals surface area (Å²) in [6, 6.07) is 7.37. The molecule has 0 spiro atoms. The number of carbonyl (C=O) groups is 1. The topological polar surface area (TPSA) is 77.7 Å². The van der Waals surface area contributed by atoms with E-state index >= 15 is 0 Å². The summed E-state index contributed by atoms with van der Waals surface area (Å²) in [5.41, 5.74) is -1.68. The number of ether oxygens (including phenoxy) is 1. The molecule has 3 heterocycles. The fourth-order valence-corrected chi connectivity index (χ4v) is 4.18. The number of aromatic nitrogens is 1. The first kappa shape index (κ1) is 22.8. The van der Waals surface area contributed by atoms with Crippen molar-refractivity contribution in [1.82, 2.24) is 4.98 Å². The number of pyridine rings is 1. The maximum absolute atomic E-state index is 14.5. The molecule has 1 aromatic heterocycles. The first-order valence-electron chi connectivity index (χ1n) is 10.5. The molecule has 0 unspecified atom stereocenters. The number of carbonyl (C=O) groups excluding carboxylic acids is 1. The van der Waals surface area contributed by atoms with Crippen LogP contribution < -0.4 is 20.7 Å². The number of alkyl halides is 3. The standard InChI is InChI=1S/C23H17F5N4O3/c24-13-1-2-17-12(7-13)10-35-6-5-29-21-18(3-4-20(33)30-21)32-11-31(17)19-9-15(23(26,27)28)16(25)8-14(19)22(32)34/h1-4,7-9H,5-6,10-11H2,(H2,29,30,33). The van der Waals surface area contributed by atoms with Crippen molar-refractivity contribution >= 4 is 28.8 Å². The monoisotopic (exact) mass is 492 g/mol. The van der Waals surface area contributed by atoms with E-state index < -0.39 is 34.8 Å². The number of aromatic amines is 1. The quantitative estimate of drug-likeness (QED) is 0.456. The van der Waals surface area contributed by atoms with Crippen molar-refractivity contribution in [2.75, 3.05) is 34.9 Å². The van der Waals surface area contributed by atoms with Gasteiger partial charge in [0.1, 0.15) is 24.1 Å². The number of halogens is 5. The molecular formula is C23H17F5N4O3. The molecule has 0 saturated heterocycles. The maximum atomic E-state index is 14.5. The molecule has 5 rings (SSSR count). The Morgan fingerprint density at radius 2 is 1.69 bits per heavy atom. The number of amides is 1. The Balaban J connectivity index is 1.78. The van der Waals surface area contributed by atoms with E-state index in [0.29, 0.717) is 17.7 Å². The third kappa shape index (κ3) is 4.09. The molecule has 12 heteroatoms. The zero-order chi connectivity index (χ0) is 24.9. The van der Waals surface area contributed by atoms with Crippen molar-refractivity contribution in [2.45, 2.75) is 12.8 Å². The van der Waals surface area contributed by atoms with E-state index in [1.165, 1.54) is 34.1 Å². The Kier molecular flexibility index (Phi) is 5.47. The van der Waals surface area contributed by atoms with Crippen LogP contribution in [0, 0.1) is 11.6 Å². The van der Waals surface area contributed by atoms with Crippen LogP contribution >= 0.6 is 0 Å². The van der Waals surface area contributed by atoms with Crippen molar-refractivity contribution in [3.63, 3.8) is 0 Å². The van der Waals surface area contributed by atoms with Gasteiger partial charge in [0.05, 0.1) is 35.7 Å². The molecule has 182 valence electrons. The van der Waals surface area contributed by atoms with Gasteiger partial charge in [-0.2, -0.15) is 13.2 Å². The Labute approximate surface area is 194 Å². The highest BCUT2D eigenvalue weighted by molar-refractivity contribution is 6.13. The number of anilines is 4. The van der Waals surface area contributed by atoms with Crippen LogP contribution in [0.5, 0.6) is 0 Å². The predicted octanol–water partition coefficient (Wildman–Crippen LogP) is 4.37. The summed E-state index contributed by atoms with van der Waals surface area (Å²) in [5, 5.41) is 2.96. The number of fused-ring (bicyclic) bond motifs is 8. The minimum absolute atomic E-state index is 0.0833. The van der Waals surface area contributed by atoms with E-state index in [1.807, 2.05) is 0 Å². The van der Waals surface area contributed by atoms with Gasteiger partial charge in [0.25, 0.3) is 5.91 Å². The zero-order valence-corrected chi connectivity index (χ0v) is 17.9. The van der Waals surface area contributed by atoms with E-state index in [1.54, 1.807) is 0 Å². The number of nitrogens with one attached hydrogen (secondary N) is 2. The summed E-state index contributed by atoms with van der Waals surface area (Å²) in [7, 11) is 0. The Morgan fingerprint density at radius 1 is 0.914 bits per heavy atom. The van der Waals surface area contributed by atoms with Gasteiger partial charge in [0.2, 0.25) is 5.56 Å². The fourth-order valence-electron chi connectivity index (χ4n) is 4.18. The van der Waals surface area contributed by atoms with Crippen molar-refractivity contribution in [1.29, 1.82) is 0 Å². The van der Waals surface area contributed by atoms with E-state index in [-0.39, 0.29) is 54.9 Å². The van der Waals surface area contributed by atoms with Crippen molar-refractivity contribution in [3.05, 3.63) is 81.1 Å². The summed E-state index contributed by atoms with van der Waals surface area (Å²) >= 11 is 0. The average molecular weight is 492 g/mol. The van der Waals surface area contributed by atoms with Gasteiger partial charge in [0, 0.05) is 23.9 Å². The van der Waals surface area contributed by atoms with Gasteiger partial charge in [-0.25, -0.2) is 8.78 Å². The van der Waals surface area contributed by atoms with E-state index in [9.17, 15) is 31.5 Å². The van der Waals surface area contributed by atoms with Gasteiger partial charge in [-0.1, -0.05) is 0 Å². The lowest BCUT2D eigenvalue weighted by Crippen LogP contribution is -2.46. The number of nitrogens with zero attached hydrogens (tertiary/aromatic N) is 2. The van der Waals surface area contributed by atoms with Crippen LogP contribution in [0.25, 0.3) is 0 Å². The molecular weight excluding hydrogens is 475 g/mol. The van der Waals surface area contributed by atoms with E-state index in [0.717, 1.165) is 6.07 Å². The van der Waals surface area contributed by atoms with Gasteiger partial charge >= 0.3 is 6.18 Å². The summed E-state index contributed by atoms with van der Waals surface area (Å²) in [4.78, 5) is 30.5. The van der Waals surface area contributed by atoms with Crippen molar-refractivity contribution < 1.29 is 31.5 Å². The van der Waals surface area contributed by atoms with Crippen LogP contribution in [0.2, 0.25) is 0 Å². The number of hydrogen-bond donors (Lipinski definition) is 2. The molecule has 2 aliphatic heterocycles. The van der Waals surface area contributed by atoms with Gasteiger partial charge in [0.15, 0.2) is 0 Å². The Morgan fingerprint density at radius 3 is 2.46 bits per heavy atom. The molecule has 3 aromatic rings. The second-order valence-corrected chi connectivity index (χ2v) is 7.98. The number of H-pyrrole nitrogens is 1. The van der Waals surface area contributed by atoms with Crippen molar-refractivity contribution in [3.8, 4) is 0 Å². The molecule has 2 aromatic carbocycles. The molecule has 0 fully saturated rings. The molecule has 0 radical (unpaired) electrons. The maximum Gasteiger partial charge on any atom is 0.419 e. The molecule has 0 atom stereocenters. The molecule has 0 saturated carbocycles. The minimum Gasteiger partial charge on any atom is -0.375 e. The van der Waals surface area contributed by atoms with Gasteiger partial charge in [-0.05, 0) is 36.4 Å². The zero-order valence-electron chi connectivity index (χ0n) is 17.9. The minimum atomic E-state index is -5.00. The van der Waals surface area contributed by atoms with Crippen molar-refractivity contribution in [2.24, 2.45) is 0 Å².